The summed E-state index contributed by atoms with van der Waals surface area (Å²) in [6.07, 6.45) is 5.00. The summed E-state index contributed by atoms with van der Waals surface area (Å²) in [6, 6.07) is 10.3. The molecule has 0 fully saturated rings. The number of pyridine rings is 1. The summed E-state index contributed by atoms with van der Waals surface area (Å²) in [7, 11) is 0. The fraction of sp³-hybridized carbons (Fsp3) is 0.389. The van der Waals surface area contributed by atoms with Crippen LogP contribution in [0.3, 0.4) is 0 Å². The molecule has 0 amide bonds. The summed E-state index contributed by atoms with van der Waals surface area (Å²) in [5.41, 5.74) is 4.04. The molecule has 0 bridgehead atoms. The van der Waals surface area contributed by atoms with E-state index in [0.717, 1.165) is 48.8 Å². The molecule has 1 aromatic carbocycles. The van der Waals surface area contributed by atoms with E-state index in [1.54, 1.807) is 0 Å². The van der Waals surface area contributed by atoms with Crippen LogP contribution in [-0.4, -0.2) is 23.8 Å². The smallest absolute Gasteiger partial charge is 0.0544 e. The number of halogens is 1. The third-order valence-electron chi connectivity index (χ3n) is 3.76. The zero-order valence-electron chi connectivity index (χ0n) is 11.9. The molecule has 1 aliphatic heterocycles. The number of benzene rings is 1. The molecule has 1 aromatic heterocycles. The van der Waals surface area contributed by atoms with Gasteiger partial charge in [0.25, 0.3) is 0 Å². The van der Waals surface area contributed by atoms with Crippen LogP contribution in [0.2, 0.25) is 5.02 Å². The maximum atomic E-state index is 6.44. The number of aromatic nitrogens is 1. The predicted octanol–water partition coefficient (Wildman–Crippen LogP) is 4.39. The Morgan fingerprint density at radius 2 is 2.00 bits per heavy atom. The van der Waals surface area contributed by atoms with Crippen molar-refractivity contribution in [2.24, 2.45) is 0 Å². The molecule has 4 heteroatoms. The third kappa shape index (κ3) is 4.25. The lowest BCUT2D eigenvalue weighted by Gasteiger charge is -2.13. The molecule has 0 radical (unpaired) electrons. The minimum absolute atomic E-state index is 0. The van der Waals surface area contributed by atoms with Crippen LogP contribution >= 0.6 is 23.4 Å². The lowest BCUT2D eigenvalue weighted by molar-refractivity contribution is 0.709. The number of aryl methyl sites for hydroxylation is 1. The van der Waals surface area contributed by atoms with Crippen LogP contribution in [0.1, 0.15) is 24.2 Å². The summed E-state index contributed by atoms with van der Waals surface area (Å²) in [6.45, 7) is 2.10. The molecule has 0 atom stereocenters. The molecule has 2 nitrogen and oxygen atoms in total. The Morgan fingerprint density at radius 3 is 2.82 bits per heavy atom. The lowest BCUT2D eigenvalue weighted by Crippen LogP contribution is -2.16. The summed E-state index contributed by atoms with van der Waals surface area (Å²) < 4.78 is 0. The fourth-order valence-electron chi connectivity index (χ4n) is 2.67. The van der Waals surface area contributed by atoms with Gasteiger partial charge in [-0.15, -0.1) is 11.8 Å². The van der Waals surface area contributed by atoms with E-state index in [-0.39, 0.29) is 7.43 Å². The molecular weight excluding hydrogens is 312 g/mol. The van der Waals surface area contributed by atoms with Gasteiger partial charge in [0.2, 0.25) is 0 Å². The standard InChI is InChI=1S/C17H19ClN2S.CH4/c18-16-5-4-13-6-10-19-11-7-15(13)17(16)21-12-8-14-3-1-2-9-20-14;/h1-5,9,19H,6-8,10-12H2;1H4. The number of thioether (sulfide) groups is 1. The number of nitrogens with one attached hydrogen (secondary N) is 1. The Hall–Kier alpha value is -1.03. The van der Waals surface area contributed by atoms with E-state index in [9.17, 15) is 0 Å². The van der Waals surface area contributed by atoms with Crippen molar-refractivity contribution in [1.82, 2.24) is 10.3 Å². The van der Waals surface area contributed by atoms with Crippen LogP contribution in [0.15, 0.2) is 41.4 Å². The molecule has 0 unspecified atom stereocenters. The van der Waals surface area contributed by atoms with E-state index in [1.807, 2.05) is 30.1 Å². The van der Waals surface area contributed by atoms with Crippen molar-refractivity contribution in [3.05, 3.63) is 58.4 Å². The Labute approximate surface area is 142 Å². The Kier molecular flexibility index (Phi) is 6.74. The second-order valence-electron chi connectivity index (χ2n) is 5.18. The maximum Gasteiger partial charge on any atom is 0.0544 e. The lowest BCUT2D eigenvalue weighted by atomic mass is 10.0. The Balaban J connectivity index is 0.00000176. The molecular formula is C18H23ClN2S. The van der Waals surface area contributed by atoms with Crippen molar-refractivity contribution in [3.8, 4) is 0 Å². The highest BCUT2D eigenvalue weighted by Gasteiger charge is 2.15. The van der Waals surface area contributed by atoms with Crippen LogP contribution in [0.25, 0.3) is 0 Å². The second-order valence-corrected chi connectivity index (χ2v) is 6.70. The molecule has 1 aliphatic rings. The van der Waals surface area contributed by atoms with Crippen LogP contribution in [-0.2, 0) is 19.3 Å². The summed E-state index contributed by atoms with van der Waals surface area (Å²) in [5, 5.41) is 4.35. The zero-order valence-corrected chi connectivity index (χ0v) is 13.5. The first kappa shape index (κ1) is 17.3. The van der Waals surface area contributed by atoms with Crippen molar-refractivity contribution in [3.63, 3.8) is 0 Å². The first-order chi connectivity index (χ1) is 10.3. The molecule has 0 spiro atoms. The number of nitrogens with zero attached hydrogens (tertiary/aromatic N) is 1. The van der Waals surface area contributed by atoms with Crippen molar-refractivity contribution in [2.75, 3.05) is 18.8 Å². The average Bonchev–Trinajstić information content (AvgIpc) is 2.76. The van der Waals surface area contributed by atoms with Gasteiger partial charge in [-0.05, 0) is 61.7 Å². The Morgan fingerprint density at radius 1 is 1.14 bits per heavy atom. The molecule has 2 heterocycles. The van der Waals surface area contributed by atoms with E-state index in [1.165, 1.54) is 16.0 Å². The van der Waals surface area contributed by atoms with Crippen LogP contribution < -0.4 is 5.32 Å². The molecule has 3 rings (SSSR count). The summed E-state index contributed by atoms with van der Waals surface area (Å²) in [5.74, 6) is 1.01. The topological polar surface area (TPSA) is 24.9 Å². The molecule has 0 aliphatic carbocycles. The minimum Gasteiger partial charge on any atom is -0.316 e. The van der Waals surface area contributed by atoms with Gasteiger partial charge in [0.05, 0.1) is 5.02 Å². The van der Waals surface area contributed by atoms with Gasteiger partial charge >= 0.3 is 0 Å². The first-order valence-electron chi connectivity index (χ1n) is 7.38. The molecule has 0 saturated carbocycles. The van der Waals surface area contributed by atoms with E-state index >= 15 is 0 Å². The highest BCUT2D eigenvalue weighted by molar-refractivity contribution is 7.99. The van der Waals surface area contributed by atoms with E-state index in [2.05, 4.69) is 28.5 Å². The van der Waals surface area contributed by atoms with Crippen LogP contribution in [0.5, 0.6) is 0 Å². The van der Waals surface area contributed by atoms with Gasteiger partial charge in [-0.2, -0.15) is 0 Å². The molecule has 0 saturated heterocycles. The summed E-state index contributed by atoms with van der Waals surface area (Å²) in [4.78, 5) is 5.65. The van der Waals surface area contributed by atoms with Crippen molar-refractivity contribution in [1.29, 1.82) is 0 Å². The molecule has 22 heavy (non-hydrogen) atoms. The molecule has 2 aromatic rings. The van der Waals surface area contributed by atoms with Gasteiger partial charge < -0.3 is 5.32 Å². The summed E-state index contributed by atoms with van der Waals surface area (Å²) >= 11 is 8.31. The van der Waals surface area contributed by atoms with Crippen LogP contribution in [0, 0.1) is 0 Å². The van der Waals surface area contributed by atoms with E-state index in [0.29, 0.717) is 0 Å². The van der Waals surface area contributed by atoms with E-state index < -0.39 is 0 Å². The van der Waals surface area contributed by atoms with Gasteiger partial charge in [0.15, 0.2) is 0 Å². The third-order valence-corrected chi connectivity index (χ3v) is 5.35. The SMILES string of the molecule is C.Clc1ccc2c(c1SCCc1ccccn1)CCNCC2. The van der Waals surface area contributed by atoms with Gasteiger partial charge in [-0.3, -0.25) is 4.98 Å². The monoisotopic (exact) mass is 334 g/mol. The maximum absolute atomic E-state index is 6.44. The fourth-order valence-corrected chi connectivity index (χ4v) is 4.14. The normalized spacial score (nSPS) is 13.9. The molecule has 1 N–H and O–H groups in total. The van der Waals surface area contributed by atoms with Gasteiger partial charge in [0, 0.05) is 22.5 Å². The predicted molar refractivity (Wildman–Crippen MR) is 97.1 cm³/mol. The second kappa shape index (κ2) is 8.56. The highest BCUT2D eigenvalue weighted by atomic mass is 35.5. The number of hydrogen-bond acceptors (Lipinski definition) is 3. The van der Waals surface area contributed by atoms with Gasteiger partial charge in [-0.25, -0.2) is 0 Å². The number of rotatable bonds is 4. The quantitative estimate of drug-likeness (QED) is 0.839. The largest absolute Gasteiger partial charge is 0.316 e. The zero-order chi connectivity index (χ0) is 14.5. The van der Waals surface area contributed by atoms with Gasteiger partial charge in [-0.1, -0.05) is 31.2 Å². The van der Waals surface area contributed by atoms with Crippen molar-refractivity contribution in [2.45, 2.75) is 31.6 Å². The average molecular weight is 335 g/mol. The van der Waals surface area contributed by atoms with E-state index in [4.69, 9.17) is 11.6 Å². The number of fused-ring (bicyclic) bond motifs is 1. The highest BCUT2D eigenvalue weighted by Crippen LogP contribution is 2.34. The minimum atomic E-state index is 0. The number of hydrogen-bond donors (Lipinski definition) is 1. The van der Waals surface area contributed by atoms with Crippen molar-refractivity contribution >= 4 is 23.4 Å². The molecule has 118 valence electrons. The Bertz CT molecular complexity index is 602. The first-order valence-corrected chi connectivity index (χ1v) is 8.74. The van der Waals surface area contributed by atoms with Crippen molar-refractivity contribution < 1.29 is 0 Å². The van der Waals surface area contributed by atoms with Gasteiger partial charge in [0.1, 0.15) is 0 Å². The van der Waals surface area contributed by atoms with Crippen LogP contribution in [0.4, 0.5) is 0 Å².